The minimum absolute atomic E-state index is 0. The fourth-order valence-electron chi connectivity index (χ4n) is 2.32. The van der Waals surface area contributed by atoms with Crippen molar-refractivity contribution in [2.24, 2.45) is 5.73 Å². The van der Waals surface area contributed by atoms with Crippen molar-refractivity contribution in [2.75, 3.05) is 6.61 Å². The fourth-order valence-corrected chi connectivity index (χ4v) is 6.15. The van der Waals surface area contributed by atoms with Gasteiger partial charge in [0.2, 0.25) is 0 Å². The van der Waals surface area contributed by atoms with Crippen LogP contribution in [0.5, 0.6) is 17.2 Å². The van der Waals surface area contributed by atoms with Crippen LogP contribution in [0.1, 0.15) is 19.4 Å². The van der Waals surface area contributed by atoms with E-state index in [4.69, 9.17) is 15.2 Å². The first kappa shape index (κ1) is 26.7. The Balaban J connectivity index is 0.00000392. The van der Waals surface area contributed by atoms with Crippen molar-refractivity contribution in [2.45, 2.75) is 25.8 Å². The van der Waals surface area contributed by atoms with Gasteiger partial charge in [-0.15, -0.1) is 12.4 Å². The van der Waals surface area contributed by atoms with Crippen molar-refractivity contribution in [3.8, 4) is 17.2 Å². The van der Waals surface area contributed by atoms with Crippen LogP contribution in [-0.2, 0) is 16.0 Å². The first-order chi connectivity index (χ1) is 12.5. The summed E-state index contributed by atoms with van der Waals surface area (Å²) >= 11 is 8.56. The number of hydrogen-bond donors (Lipinski definition) is 2. The van der Waals surface area contributed by atoms with Crippen LogP contribution in [0.2, 0.25) is 0 Å². The van der Waals surface area contributed by atoms with Gasteiger partial charge in [-0.1, -0.05) is 0 Å². The van der Waals surface area contributed by atoms with Crippen molar-refractivity contribution < 1.29 is 19.4 Å². The molecule has 0 aromatic heterocycles. The first-order valence-corrected chi connectivity index (χ1v) is 12.2. The Hall–Kier alpha value is 0.680. The summed E-state index contributed by atoms with van der Waals surface area (Å²) in [5.41, 5.74) is 6.00. The average molecular weight is 855 g/mol. The lowest BCUT2D eigenvalue weighted by molar-refractivity contribution is -0.148. The zero-order chi connectivity index (χ0) is 20.4. The van der Waals surface area contributed by atoms with E-state index in [0.717, 1.165) is 25.6 Å². The lowest BCUT2D eigenvalue weighted by atomic mass is 9.94. The molecule has 3 N–H and O–H groups in total. The topological polar surface area (TPSA) is 81.8 Å². The standard InChI is InChI=1S/C18H17I4NO4.ClH/c1-3-26-17(25)18(2,23)8-9-4-13(21)16(14(22)5-9)27-10-6-11(19)15(24)12(20)7-10;/h4-7,24H,3,8,23H2,1-2H3;1H/t18-;/m0./s1. The highest BCUT2D eigenvalue weighted by Gasteiger charge is 2.30. The van der Waals surface area contributed by atoms with E-state index < -0.39 is 11.5 Å². The third kappa shape index (κ3) is 6.85. The fraction of sp³-hybridized carbons (Fsp3) is 0.278. The molecule has 2 aromatic carbocycles. The van der Waals surface area contributed by atoms with Gasteiger partial charge < -0.3 is 20.3 Å². The number of carbonyl (C=O) groups excluding carboxylic acids is 1. The molecule has 0 saturated heterocycles. The average Bonchev–Trinajstić information content (AvgIpc) is 2.55. The van der Waals surface area contributed by atoms with Crippen LogP contribution in [0, 0.1) is 14.3 Å². The quantitative estimate of drug-likeness (QED) is 0.282. The van der Waals surface area contributed by atoms with Crippen LogP contribution in [0.25, 0.3) is 0 Å². The van der Waals surface area contributed by atoms with Gasteiger partial charge in [0.15, 0.2) is 5.75 Å². The van der Waals surface area contributed by atoms with Gasteiger partial charge >= 0.3 is 5.97 Å². The van der Waals surface area contributed by atoms with Crippen molar-refractivity contribution in [1.82, 2.24) is 0 Å². The van der Waals surface area contributed by atoms with Crippen molar-refractivity contribution in [3.05, 3.63) is 44.1 Å². The summed E-state index contributed by atoms with van der Waals surface area (Å²) in [7, 11) is 0. The van der Waals surface area contributed by atoms with Crippen LogP contribution in [0.4, 0.5) is 0 Å². The molecule has 0 amide bonds. The lowest BCUT2D eigenvalue weighted by Gasteiger charge is -2.23. The Morgan fingerprint density at radius 1 is 1.07 bits per heavy atom. The zero-order valence-corrected chi connectivity index (χ0v) is 24.3. The van der Waals surface area contributed by atoms with Gasteiger partial charge in [-0.3, -0.25) is 4.79 Å². The van der Waals surface area contributed by atoms with Crippen LogP contribution in [-0.4, -0.2) is 23.2 Å². The highest BCUT2D eigenvalue weighted by molar-refractivity contribution is 14.1. The maximum absolute atomic E-state index is 12.0. The Bertz CT molecular complexity index is 831. The molecule has 0 aliphatic heterocycles. The molecule has 10 heteroatoms. The van der Waals surface area contributed by atoms with E-state index in [1.165, 1.54) is 0 Å². The van der Waals surface area contributed by atoms with Gasteiger partial charge in [-0.25, -0.2) is 0 Å². The van der Waals surface area contributed by atoms with Gasteiger partial charge in [-0.2, -0.15) is 0 Å². The number of aromatic hydroxyl groups is 1. The highest BCUT2D eigenvalue weighted by atomic mass is 127. The molecule has 0 bridgehead atoms. The Morgan fingerprint density at radius 3 is 2.04 bits per heavy atom. The molecule has 0 aliphatic carbocycles. The maximum Gasteiger partial charge on any atom is 0.326 e. The molecule has 0 spiro atoms. The van der Waals surface area contributed by atoms with Crippen LogP contribution in [0.15, 0.2) is 24.3 Å². The number of hydrogen-bond acceptors (Lipinski definition) is 5. The zero-order valence-electron chi connectivity index (χ0n) is 14.9. The predicted molar refractivity (Wildman–Crippen MR) is 146 cm³/mol. The molecule has 5 nitrogen and oxygen atoms in total. The predicted octanol–water partition coefficient (Wildman–Crippen LogP) is 5.85. The summed E-state index contributed by atoms with van der Waals surface area (Å²) in [4.78, 5) is 12.0. The summed E-state index contributed by atoms with van der Waals surface area (Å²) in [6, 6.07) is 7.49. The Labute approximate surface area is 224 Å². The van der Waals surface area contributed by atoms with E-state index in [-0.39, 0.29) is 18.2 Å². The number of ether oxygens (including phenoxy) is 2. The van der Waals surface area contributed by atoms with E-state index in [1.54, 1.807) is 26.0 Å². The molecule has 1 atom stereocenters. The molecular formula is C18H18ClI4NO4. The minimum Gasteiger partial charge on any atom is -0.506 e. The Morgan fingerprint density at radius 2 is 1.57 bits per heavy atom. The molecule has 2 rings (SSSR count). The number of nitrogens with two attached hydrogens (primary N) is 1. The molecule has 0 unspecified atom stereocenters. The van der Waals surface area contributed by atoms with Gasteiger partial charge in [-0.05, 0) is 134 Å². The number of benzene rings is 2. The monoisotopic (exact) mass is 855 g/mol. The number of phenolic OH excluding ortho intramolecular Hbond substituents is 1. The summed E-state index contributed by atoms with van der Waals surface area (Å²) < 4.78 is 14.4. The summed E-state index contributed by atoms with van der Waals surface area (Å²) in [5, 5.41) is 9.91. The van der Waals surface area contributed by atoms with Crippen LogP contribution < -0.4 is 10.5 Å². The molecule has 28 heavy (non-hydrogen) atoms. The molecule has 0 fully saturated rings. The van der Waals surface area contributed by atoms with E-state index in [2.05, 4.69) is 90.4 Å². The van der Waals surface area contributed by atoms with Crippen molar-refractivity contribution in [1.29, 1.82) is 0 Å². The van der Waals surface area contributed by atoms with E-state index in [1.807, 2.05) is 12.1 Å². The third-order valence-electron chi connectivity index (χ3n) is 3.58. The minimum atomic E-state index is -1.09. The number of rotatable bonds is 6. The second-order valence-electron chi connectivity index (χ2n) is 6.04. The first-order valence-electron chi connectivity index (χ1n) is 7.85. The third-order valence-corrected chi connectivity index (χ3v) is 6.83. The number of phenols is 1. The van der Waals surface area contributed by atoms with Gasteiger partial charge in [0.05, 0.1) is 20.9 Å². The summed E-state index contributed by atoms with van der Waals surface area (Å²) in [5.74, 6) is 1.22. The molecule has 0 radical (unpaired) electrons. The molecular weight excluding hydrogens is 837 g/mol. The highest BCUT2D eigenvalue weighted by Crippen LogP contribution is 2.37. The molecule has 0 aliphatic rings. The molecule has 2 aromatic rings. The van der Waals surface area contributed by atoms with Gasteiger partial charge in [0, 0.05) is 6.42 Å². The summed E-state index contributed by atoms with van der Waals surface area (Å²) in [6.07, 6.45) is 0.368. The smallest absolute Gasteiger partial charge is 0.326 e. The number of carbonyl (C=O) groups is 1. The van der Waals surface area contributed by atoms with Gasteiger partial charge in [0.1, 0.15) is 17.0 Å². The van der Waals surface area contributed by atoms with Crippen molar-refractivity contribution >= 4 is 109 Å². The second-order valence-corrected chi connectivity index (χ2v) is 10.7. The van der Waals surface area contributed by atoms with E-state index >= 15 is 0 Å². The van der Waals surface area contributed by atoms with Crippen molar-refractivity contribution in [3.63, 3.8) is 0 Å². The molecule has 0 saturated carbocycles. The Kier molecular flexibility index (Phi) is 10.8. The maximum atomic E-state index is 12.0. The SMILES string of the molecule is CCOC(=O)[C@@](C)(N)Cc1cc(I)c(Oc2cc(I)c(O)c(I)c2)c(I)c1.Cl. The number of esters is 1. The largest absolute Gasteiger partial charge is 0.506 e. The number of halogens is 5. The van der Waals surface area contributed by atoms with Crippen LogP contribution >= 0.6 is 103 Å². The van der Waals surface area contributed by atoms with Gasteiger partial charge in [0.25, 0.3) is 0 Å². The normalized spacial score (nSPS) is 12.7. The summed E-state index contributed by atoms with van der Waals surface area (Å²) in [6.45, 7) is 3.74. The second kappa shape index (κ2) is 11.3. The van der Waals surface area contributed by atoms with Crippen LogP contribution in [0.3, 0.4) is 0 Å². The van der Waals surface area contributed by atoms with E-state index in [0.29, 0.717) is 18.8 Å². The van der Waals surface area contributed by atoms with E-state index in [9.17, 15) is 9.90 Å². The molecule has 154 valence electrons. The molecule has 0 heterocycles. The lowest BCUT2D eigenvalue weighted by Crippen LogP contribution is -2.48.